The number of aldehydes is 1. The lowest BCUT2D eigenvalue weighted by Gasteiger charge is -2.25. The Morgan fingerprint density at radius 1 is 1.07 bits per heavy atom. The molecular formula is C13H16OS. The third kappa shape index (κ3) is 2.63. The van der Waals surface area contributed by atoms with Crippen molar-refractivity contribution in [1.82, 2.24) is 0 Å². The largest absolute Gasteiger partial charge is 0.298 e. The molecule has 0 saturated heterocycles. The Morgan fingerprint density at radius 3 is 2.20 bits per heavy atom. The Balaban J connectivity index is 2.06. The van der Waals surface area contributed by atoms with Crippen molar-refractivity contribution in [3.63, 3.8) is 0 Å². The van der Waals surface area contributed by atoms with E-state index in [1.54, 1.807) is 0 Å². The van der Waals surface area contributed by atoms with Crippen molar-refractivity contribution in [1.29, 1.82) is 0 Å². The maximum absolute atomic E-state index is 10.5. The van der Waals surface area contributed by atoms with Crippen molar-refractivity contribution in [2.75, 3.05) is 0 Å². The Hall–Kier alpha value is -0.760. The van der Waals surface area contributed by atoms with Crippen LogP contribution in [0.4, 0.5) is 0 Å². The highest BCUT2D eigenvalue weighted by molar-refractivity contribution is 7.80. The summed E-state index contributed by atoms with van der Waals surface area (Å²) in [7, 11) is 0. The lowest BCUT2D eigenvalue weighted by atomic mass is 9.83. The van der Waals surface area contributed by atoms with Crippen molar-refractivity contribution in [2.24, 2.45) is 0 Å². The van der Waals surface area contributed by atoms with Gasteiger partial charge < -0.3 is 0 Å². The van der Waals surface area contributed by atoms with Crippen LogP contribution in [0.3, 0.4) is 0 Å². The quantitative estimate of drug-likeness (QED) is 0.596. The zero-order chi connectivity index (χ0) is 10.7. The first kappa shape index (κ1) is 10.7. The molecule has 1 aliphatic carbocycles. The van der Waals surface area contributed by atoms with Crippen LogP contribution in [0.5, 0.6) is 0 Å². The van der Waals surface area contributed by atoms with E-state index >= 15 is 0 Å². The predicted octanol–water partition coefficient (Wildman–Crippen LogP) is 3.46. The SMILES string of the molecule is O=Cc1ccc(C2CCC(S)CC2)cc1. The molecule has 1 saturated carbocycles. The summed E-state index contributed by atoms with van der Waals surface area (Å²) in [6.45, 7) is 0. The van der Waals surface area contributed by atoms with Gasteiger partial charge in [0.15, 0.2) is 0 Å². The van der Waals surface area contributed by atoms with Gasteiger partial charge in [-0.05, 0) is 37.2 Å². The fraction of sp³-hybridized carbons (Fsp3) is 0.462. The van der Waals surface area contributed by atoms with Crippen LogP contribution in [-0.4, -0.2) is 11.5 Å². The maximum atomic E-state index is 10.5. The van der Waals surface area contributed by atoms with Crippen LogP contribution in [0.1, 0.15) is 47.5 Å². The van der Waals surface area contributed by atoms with Gasteiger partial charge >= 0.3 is 0 Å². The highest BCUT2D eigenvalue weighted by Crippen LogP contribution is 2.34. The third-order valence-corrected chi connectivity index (χ3v) is 3.76. The number of carbonyl (C=O) groups is 1. The molecule has 1 nitrogen and oxygen atoms in total. The number of rotatable bonds is 2. The summed E-state index contributed by atoms with van der Waals surface area (Å²) in [5, 5.41) is 0.593. The zero-order valence-corrected chi connectivity index (χ0v) is 9.62. The highest BCUT2D eigenvalue weighted by Gasteiger charge is 2.19. The lowest BCUT2D eigenvalue weighted by molar-refractivity contribution is 0.112. The monoisotopic (exact) mass is 220 g/mol. The van der Waals surface area contributed by atoms with Gasteiger partial charge in [0.2, 0.25) is 0 Å². The van der Waals surface area contributed by atoms with Crippen molar-refractivity contribution in [3.8, 4) is 0 Å². The third-order valence-electron chi connectivity index (χ3n) is 3.24. The molecule has 1 aliphatic rings. The summed E-state index contributed by atoms with van der Waals surface area (Å²) in [6, 6.07) is 8.00. The van der Waals surface area contributed by atoms with Crippen molar-refractivity contribution in [2.45, 2.75) is 36.9 Å². The van der Waals surface area contributed by atoms with E-state index in [-0.39, 0.29) is 0 Å². The number of carbonyl (C=O) groups excluding carboxylic acids is 1. The molecule has 1 aromatic rings. The molecule has 1 fully saturated rings. The van der Waals surface area contributed by atoms with Gasteiger partial charge in [-0.2, -0.15) is 12.6 Å². The molecule has 0 bridgehead atoms. The Bertz CT molecular complexity index is 323. The Kier molecular flexibility index (Phi) is 3.47. The van der Waals surface area contributed by atoms with Gasteiger partial charge in [-0.1, -0.05) is 24.3 Å². The summed E-state index contributed by atoms with van der Waals surface area (Å²) in [5.74, 6) is 0.675. The smallest absolute Gasteiger partial charge is 0.150 e. The zero-order valence-electron chi connectivity index (χ0n) is 8.73. The summed E-state index contributed by atoms with van der Waals surface area (Å²) < 4.78 is 0. The normalized spacial score (nSPS) is 26.2. The number of hydrogen-bond acceptors (Lipinski definition) is 2. The first-order chi connectivity index (χ1) is 7.29. The van der Waals surface area contributed by atoms with Crippen LogP contribution in [0.25, 0.3) is 0 Å². The van der Waals surface area contributed by atoms with Crippen molar-refractivity contribution < 1.29 is 4.79 Å². The first-order valence-electron chi connectivity index (χ1n) is 5.53. The average Bonchev–Trinajstić information content (AvgIpc) is 2.30. The number of hydrogen-bond donors (Lipinski definition) is 1. The van der Waals surface area contributed by atoms with Gasteiger partial charge in [0.1, 0.15) is 6.29 Å². The summed E-state index contributed by atoms with van der Waals surface area (Å²) in [6.07, 6.45) is 5.78. The van der Waals surface area contributed by atoms with Crippen molar-refractivity contribution in [3.05, 3.63) is 35.4 Å². The minimum Gasteiger partial charge on any atom is -0.298 e. The van der Waals surface area contributed by atoms with E-state index in [4.69, 9.17) is 0 Å². The second-order valence-corrected chi connectivity index (χ2v) is 5.02. The number of benzene rings is 1. The molecule has 0 aliphatic heterocycles. The summed E-state index contributed by atoms with van der Waals surface area (Å²) >= 11 is 4.50. The van der Waals surface area contributed by atoms with E-state index in [0.717, 1.165) is 11.8 Å². The molecular weight excluding hydrogens is 204 g/mol. The molecule has 0 atom stereocenters. The molecule has 2 rings (SSSR count). The summed E-state index contributed by atoms with van der Waals surface area (Å²) in [4.78, 5) is 10.5. The molecule has 0 radical (unpaired) electrons. The maximum Gasteiger partial charge on any atom is 0.150 e. The van der Waals surface area contributed by atoms with E-state index in [2.05, 4.69) is 24.8 Å². The molecule has 0 aromatic heterocycles. The van der Waals surface area contributed by atoms with Gasteiger partial charge in [0.05, 0.1) is 0 Å². The van der Waals surface area contributed by atoms with Gasteiger partial charge in [-0.25, -0.2) is 0 Å². The average molecular weight is 220 g/mol. The van der Waals surface area contributed by atoms with Crippen LogP contribution < -0.4 is 0 Å². The minimum absolute atomic E-state index is 0.593. The molecule has 0 amide bonds. The minimum atomic E-state index is 0.593. The van der Waals surface area contributed by atoms with Gasteiger partial charge in [0, 0.05) is 10.8 Å². The van der Waals surface area contributed by atoms with Crippen LogP contribution in [0.2, 0.25) is 0 Å². The van der Waals surface area contributed by atoms with Crippen LogP contribution >= 0.6 is 12.6 Å². The van der Waals surface area contributed by atoms with Crippen LogP contribution in [0.15, 0.2) is 24.3 Å². The molecule has 1 aromatic carbocycles. The molecule has 0 spiro atoms. The molecule has 80 valence electrons. The Morgan fingerprint density at radius 2 is 1.67 bits per heavy atom. The molecule has 2 heteroatoms. The van der Waals surface area contributed by atoms with Gasteiger partial charge in [0.25, 0.3) is 0 Å². The van der Waals surface area contributed by atoms with Gasteiger partial charge in [-0.3, -0.25) is 4.79 Å². The predicted molar refractivity (Wildman–Crippen MR) is 65.8 cm³/mol. The van der Waals surface area contributed by atoms with Gasteiger partial charge in [-0.15, -0.1) is 0 Å². The van der Waals surface area contributed by atoms with E-state index in [0.29, 0.717) is 11.2 Å². The van der Waals surface area contributed by atoms with Crippen molar-refractivity contribution >= 4 is 18.9 Å². The topological polar surface area (TPSA) is 17.1 Å². The van der Waals surface area contributed by atoms with E-state index < -0.39 is 0 Å². The standard InChI is InChI=1S/C13H16OS/c14-9-10-1-3-11(4-2-10)12-5-7-13(15)8-6-12/h1-4,9,12-13,15H,5-8H2. The molecule has 0 heterocycles. The second-order valence-electron chi connectivity index (χ2n) is 4.29. The van der Waals surface area contributed by atoms with Crippen LogP contribution in [0, 0.1) is 0 Å². The first-order valence-corrected chi connectivity index (χ1v) is 6.04. The fourth-order valence-electron chi connectivity index (χ4n) is 2.26. The second kappa shape index (κ2) is 4.84. The molecule has 0 N–H and O–H groups in total. The molecule has 0 unspecified atom stereocenters. The van der Waals surface area contributed by atoms with E-state index in [1.165, 1.54) is 31.2 Å². The fourth-order valence-corrected chi connectivity index (χ4v) is 2.55. The van der Waals surface area contributed by atoms with E-state index in [1.807, 2.05) is 12.1 Å². The number of thiol groups is 1. The summed E-state index contributed by atoms with van der Waals surface area (Å²) in [5.41, 5.74) is 2.14. The van der Waals surface area contributed by atoms with E-state index in [9.17, 15) is 4.79 Å². The lowest BCUT2D eigenvalue weighted by Crippen LogP contribution is -2.12. The van der Waals surface area contributed by atoms with Crippen LogP contribution in [-0.2, 0) is 0 Å². The molecule has 15 heavy (non-hydrogen) atoms. The highest BCUT2D eigenvalue weighted by atomic mass is 32.1. The Labute approximate surface area is 96.3 Å².